The van der Waals surface area contributed by atoms with E-state index in [1.165, 1.54) is 0 Å². The molecule has 0 spiro atoms. The summed E-state index contributed by atoms with van der Waals surface area (Å²) in [6, 6.07) is 1.70. The molecule has 1 N–H and O–H groups in total. The molecule has 96 valence electrons. The number of hydrogen-bond acceptors (Lipinski definition) is 1. The Hall–Kier alpha value is -1.03. The van der Waals surface area contributed by atoms with E-state index in [9.17, 15) is 18.3 Å². The van der Waals surface area contributed by atoms with E-state index >= 15 is 0 Å². The van der Waals surface area contributed by atoms with Gasteiger partial charge < -0.3 is 5.11 Å². The predicted octanol–water partition coefficient (Wildman–Crippen LogP) is 3.96. The number of halogens is 3. The summed E-state index contributed by atoms with van der Waals surface area (Å²) in [5.41, 5.74) is 0.0874. The molecule has 17 heavy (non-hydrogen) atoms. The Morgan fingerprint density at radius 1 is 1.18 bits per heavy atom. The molecule has 2 unspecified atom stereocenters. The molecule has 1 aromatic rings. The zero-order valence-electron chi connectivity index (χ0n) is 10.0. The highest BCUT2D eigenvalue weighted by Crippen LogP contribution is 2.26. The van der Waals surface area contributed by atoms with Crippen molar-refractivity contribution in [2.45, 2.75) is 39.2 Å². The van der Waals surface area contributed by atoms with Crippen molar-refractivity contribution >= 4 is 0 Å². The molecule has 0 aromatic heterocycles. The van der Waals surface area contributed by atoms with Crippen LogP contribution in [-0.4, -0.2) is 5.11 Å². The molecule has 4 heteroatoms. The van der Waals surface area contributed by atoms with Crippen LogP contribution in [0.3, 0.4) is 0 Å². The van der Waals surface area contributed by atoms with E-state index in [-0.39, 0.29) is 11.5 Å². The highest BCUT2D eigenvalue weighted by atomic mass is 19.2. The summed E-state index contributed by atoms with van der Waals surface area (Å²) in [5.74, 6) is -3.77. The number of aliphatic hydroxyl groups is 1. The highest BCUT2D eigenvalue weighted by Gasteiger charge is 2.17. The fraction of sp³-hybridized carbons (Fsp3) is 0.538. The summed E-state index contributed by atoms with van der Waals surface area (Å²) in [6.07, 6.45) is 1.38. The van der Waals surface area contributed by atoms with E-state index in [0.717, 1.165) is 25.0 Å². The molecule has 2 atom stereocenters. The van der Waals surface area contributed by atoms with E-state index in [0.29, 0.717) is 6.42 Å². The third-order valence-corrected chi connectivity index (χ3v) is 2.80. The van der Waals surface area contributed by atoms with Crippen molar-refractivity contribution in [2.24, 2.45) is 5.92 Å². The number of benzene rings is 1. The van der Waals surface area contributed by atoms with E-state index < -0.39 is 23.6 Å². The van der Waals surface area contributed by atoms with Gasteiger partial charge >= 0.3 is 0 Å². The molecule has 0 saturated carbocycles. The molecule has 0 bridgehead atoms. The molecule has 0 fully saturated rings. The Labute approximate surface area is 99.3 Å². The van der Waals surface area contributed by atoms with Gasteiger partial charge in [-0.2, -0.15) is 0 Å². The molecule has 0 radical (unpaired) electrons. The lowest BCUT2D eigenvalue weighted by atomic mass is 9.95. The molecule has 1 aromatic carbocycles. The first-order valence-corrected chi connectivity index (χ1v) is 5.78. The number of rotatable bonds is 5. The molecule has 1 rings (SSSR count). The van der Waals surface area contributed by atoms with Gasteiger partial charge in [-0.25, -0.2) is 13.2 Å². The molecule has 0 aliphatic heterocycles. The lowest BCUT2D eigenvalue weighted by Crippen LogP contribution is -2.06. The normalized spacial score (nSPS) is 14.7. The van der Waals surface area contributed by atoms with Crippen molar-refractivity contribution in [3.05, 3.63) is 35.1 Å². The van der Waals surface area contributed by atoms with Crippen LogP contribution in [0, 0.1) is 23.4 Å². The Kier molecular flexibility index (Phi) is 5.00. The second kappa shape index (κ2) is 6.05. The van der Waals surface area contributed by atoms with Crippen molar-refractivity contribution in [2.75, 3.05) is 0 Å². The quantitative estimate of drug-likeness (QED) is 0.779. The van der Waals surface area contributed by atoms with Crippen LogP contribution in [0.1, 0.15) is 44.8 Å². The topological polar surface area (TPSA) is 20.2 Å². The number of hydrogen-bond donors (Lipinski definition) is 1. The maximum Gasteiger partial charge on any atom is 0.194 e. The Balaban J connectivity index is 2.79. The maximum atomic E-state index is 13.0. The van der Waals surface area contributed by atoms with Crippen LogP contribution in [0.5, 0.6) is 0 Å². The summed E-state index contributed by atoms with van der Waals surface area (Å²) in [4.78, 5) is 0. The highest BCUT2D eigenvalue weighted by molar-refractivity contribution is 5.21. The third-order valence-electron chi connectivity index (χ3n) is 2.80. The minimum atomic E-state index is -1.50. The first kappa shape index (κ1) is 14.0. The van der Waals surface area contributed by atoms with Gasteiger partial charge in [-0.3, -0.25) is 0 Å². The van der Waals surface area contributed by atoms with E-state index in [1.807, 2.05) is 13.8 Å². The average molecular weight is 246 g/mol. The van der Waals surface area contributed by atoms with Gasteiger partial charge in [0.15, 0.2) is 17.5 Å². The minimum absolute atomic E-state index is 0.0874. The van der Waals surface area contributed by atoms with Crippen LogP contribution in [0.15, 0.2) is 12.1 Å². The van der Waals surface area contributed by atoms with E-state index in [1.54, 1.807) is 0 Å². The Bertz CT molecular complexity index is 356. The largest absolute Gasteiger partial charge is 0.388 e. The SMILES string of the molecule is CCCC(C)CC(O)c1cc(F)c(F)c(F)c1. The minimum Gasteiger partial charge on any atom is -0.388 e. The van der Waals surface area contributed by atoms with Crippen LogP contribution in [0.4, 0.5) is 13.2 Å². The second-order valence-corrected chi connectivity index (χ2v) is 4.44. The molecule has 0 amide bonds. The lowest BCUT2D eigenvalue weighted by Gasteiger charge is -2.16. The summed E-state index contributed by atoms with van der Waals surface area (Å²) in [7, 11) is 0. The van der Waals surface area contributed by atoms with E-state index in [4.69, 9.17) is 0 Å². The van der Waals surface area contributed by atoms with Crippen molar-refractivity contribution in [3.63, 3.8) is 0 Å². The Morgan fingerprint density at radius 3 is 2.18 bits per heavy atom. The smallest absolute Gasteiger partial charge is 0.194 e. The van der Waals surface area contributed by atoms with Crippen molar-refractivity contribution in [3.8, 4) is 0 Å². The van der Waals surface area contributed by atoms with Crippen molar-refractivity contribution in [1.82, 2.24) is 0 Å². The monoisotopic (exact) mass is 246 g/mol. The molecule has 0 aliphatic carbocycles. The first-order valence-electron chi connectivity index (χ1n) is 5.78. The maximum absolute atomic E-state index is 13.0. The molecular weight excluding hydrogens is 229 g/mol. The van der Waals surface area contributed by atoms with E-state index in [2.05, 4.69) is 0 Å². The van der Waals surface area contributed by atoms with Crippen LogP contribution in [0.2, 0.25) is 0 Å². The molecule has 0 aliphatic rings. The summed E-state index contributed by atoms with van der Waals surface area (Å²) in [6.45, 7) is 3.99. The van der Waals surface area contributed by atoms with Crippen LogP contribution in [0.25, 0.3) is 0 Å². The summed E-state index contributed by atoms with van der Waals surface area (Å²) >= 11 is 0. The average Bonchev–Trinajstić information content (AvgIpc) is 2.25. The third kappa shape index (κ3) is 3.73. The van der Waals surface area contributed by atoms with Crippen LogP contribution < -0.4 is 0 Å². The van der Waals surface area contributed by atoms with Crippen LogP contribution >= 0.6 is 0 Å². The standard InChI is InChI=1S/C13H17F3O/c1-3-4-8(2)5-12(17)9-6-10(14)13(16)11(15)7-9/h6-8,12,17H,3-5H2,1-2H3. The fourth-order valence-corrected chi connectivity index (χ4v) is 1.90. The van der Waals surface area contributed by atoms with Gasteiger partial charge in [0.2, 0.25) is 0 Å². The van der Waals surface area contributed by atoms with Gasteiger partial charge in [-0.15, -0.1) is 0 Å². The van der Waals surface area contributed by atoms with Gasteiger partial charge in [0.25, 0.3) is 0 Å². The zero-order chi connectivity index (χ0) is 13.0. The second-order valence-electron chi connectivity index (χ2n) is 4.44. The number of aliphatic hydroxyl groups excluding tert-OH is 1. The van der Waals surface area contributed by atoms with Crippen molar-refractivity contribution < 1.29 is 18.3 Å². The first-order chi connectivity index (χ1) is 7.95. The van der Waals surface area contributed by atoms with Crippen molar-refractivity contribution in [1.29, 1.82) is 0 Å². The molecule has 0 heterocycles. The van der Waals surface area contributed by atoms with Crippen LogP contribution in [-0.2, 0) is 0 Å². The summed E-state index contributed by atoms with van der Waals surface area (Å²) < 4.78 is 38.6. The molecule has 0 saturated heterocycles. The van der Waals surface area contributed by atoms with Gasteiger partial charge in [0, 0.05) is 0 Å². The fourth-order valence-electron chi connectivity index (χ4n) is 1.90. The van der Waals surface area contributed by atoms with Gasteiger partial charge in [0.05, 0.1) is 6.10 Å². The molecule has 1 nitrogen and oxygen atoms in total. The summed E-state index contributed by atoms with van der Waals surface area (Å²) in [5, 5.41) is 9.80. The molecular formula is C13H17F3O. The lowest BCUT2D eigenvalue weighted by molar-refractivity contribution is 0.144. The van der Waals surface area contributed by atoms with Gasteiger partial charge in [-0.1, -0.05) is 26.7 Å². The van der Waals surface area contributed by atoms with Gasteiger partial charge in [0.1, 0.15) is 0 Å². The van der Waals surface area contributed by atoms with Gasteiger partial charge in [-0.05, 0) is 30.0 Å². The zero-order valence-corrected chi connectivity index (χ0v) is 10.0. The predicted molar refractivity (Wildman–Crippen MR) is 60.0 cm³/mol. The Morgan fingerprint density at radius 2 is 1.71 bits per heavy atom.